The van der Waals surface area contributed by atoms with Crippen LogP contribution in [0.4, 0.5) is 0 Å². The Morgan fingerprint density at radius 2 is 1.17 bits per heavy atom. The summed E-state index contributed by atoms with van der Waals surface area (Å²) in [6.45, 7) is 14.4. The zero-order valence-corrected chi connectivity index (χ0v) is 24.5. The summed E-state index contributed by atoms with van der Waals surface area (Å²) in [5, 5.41) is 1.75. The highest BCUT2D eigenvalue weighted by Gasteiger charge is 2.34. The first-order valence-electron chi connectivity index (χ1n) is 14.9. The number of hydrogen-bond acceptors (Lipinski definition) is 0. The van der Waals surface area contributed by atoms with Crippen LogP contribution in [0.3, 0.4) is 0 Å². The van der Waals surface area contributed by atoms with Gasteiger partial charge in [0.25, 0.3) is 0 Å². The van der Waals surface area contributed by atoms with Gasteiger partial charge in [0.05, 0.1) is 0 Å². The first kappa shape index (κ1) is 26.9. The summed E-state index contributed by atoms with van der Waals surface area (Å²) in [6.07, 6.45) is 15.8. The van der Waals surface area contributed by atoms with Crippen molar-refractivity contribution >= 4 is 13.2 Å². The van der Waals surface area contributed by atoms with Gasteiger partial charge in [0.15, 0.2) is 0 Å². The SMILES string of the molecule is CC(C)Cc1cc(C(C)C)c(-c2ccccc2P(C2CCCCC2)C2CCCCC2)c(C(C)C)c1. The Hall–Kier alpha value is -1.13. The molecule has 0 nitrogen and oxygen atoms in total. The van der Waals surface area contributed by atoms with Crippen LogP contribution in [0.1, 0.15) is 134 Å². The first-order chi connectivity index (χ1) is 16.9. The van der Waals surface area contributed by atoms with Gasteiger partial charge in [-0.05, 0) is 94.3 Å². The van der Waals surface area contributed by atoms with Crippen molar-refractivity contribution in [2.75, 3.05) is 0 Å². The summed E-state index contributed by atoms with van der Waals surface area (Å²) >= 11 is 0. The second kappa shape index (κ2) is 12.4. The Morgan fingerprint density at radius 3 is 1.63 bits per heavy atom. The molecule has 35 heavy (non-hydrogen) atoms. The van der Waals surface area contributed by atoms with Gasteiger partial charge in [0, 0.05) is 0 Å². The molecule has 192 valence electrons. The van der Waals surface area contributed by atoms with Gasteiger partial charge in [-0.2, -0.15) is 0 Å². The molecule has 0 bridgehead atoms. The van der Waals surface area contributed by atoms with Crippen LogP contribution in [0.5, 0.6) is 0 Å². The molecule has 4 rings (SSSR count). The van der Waals surface area contributed by atoms with Gasteiger partial charge in [-0.1, -0.05) is 124 Å². The van der Waals surface area contributed by atoms with E-state index in [0.29, 0.717) is 17.8 Å². The quantitative estimate of drug-likeness (QED) is 0.323. The third-order valence-corrected chi connectivity index (χ3v) is 12.1. The zero-order valence-electron chi connectivity index (χ0n) is 23.6. The summed E-state index contributed by atoms with van der Waals surface area (Å²) in [5.41, 5.74) is 9.77. The van der Waals surface area contributed by atoms with Crippen LogP contribution >= 0.6 is 7.92 Å². The standard InChI is InChI=1S/C34H51P/c1-24(2)21-27-22-31(25(3)4)34(32(23-27)26(5)6)30-19-13-14-20-33(30)35(28-15-9-7-10-16-28)29-17-11-8-12-18-29/h13-14,19-20,22-26,28-29H,7-12,15-18,21H2,1-6H3. The van der Waals surface area contributed by atoms with Gasteiger partial charge in [-0.25, -0.2) is 0 Å². The van der Waals surface area contributed by atoms with Gasteiger partial charge in [-0.3, -0.25) is 0 Å². The van der Waals surface area contributed by atoms with Crippen molar-refractivity contribution < 1.29 is 0 Å². The van der Waals surface area contributed by atoms with Crippen LogP contribution in [-0.2, 0) is 6.42 Å². The lowest BCUT2D eigenvalue weighted by Gasteiger charge is -2.40. The van der Waals surface area contributed by atoms with Gasteiger partial charge < -0.3 is 0 Å². The monoisotopic (exact) mass is 490 g/mol. The number of rotatable bonds is 8. The van der Waals surface area contributed by atoms with Gasteiger partial charge >= 0.3 is 0 Å². The average Bonchev–Trinajstić information content (AvgIpc) is 2.85. The average molecular weight is 491 g/mol. The van der Waals surface area contributed by atoms with E-state index in [9.17, 15) is 0 Å². The van der Waals surface area contributed by atoms with E-state index < -0.39 is 0 Å². The molecule has 2 aliphatic rings. The molecule has 0 aliphatic heterocycles. The fourth-order valence-electron chi connectivity index (χ4n) is 6.88. The predicted molar refractivity (Wildman–Crippen MR) is 159 cm³/mol. The smallest absolute Gasteiger partial charge is 0.0101 e. The lowest BCUT2D eigenvalue weighted by Crippen LogP contribution is -2.27. The predicted octanol–water partition coefficient (Wildman–Crippen LogP) is 10.6. The molecule has 1 heteroatoms. The highest BCUT2D eigenvalue weighted by Crippen LogP contribution is 2.56. The highest BCUT2D eigenvalue weighted by molar-refractivity contribution is 7.67. The maximum Gasteiger partial charge on any atom is -0.0101 e. The maximum absolute atomic E-state index is 2.58. The molecular formula is C34H51P. The van der Waals surface area contributed by atoms with E-state index in [4.69, 9.17) is 0 Å². The van der Waals surface area contributed by atoms with Crippen LogP contribution in [-0.4, -0.2) is 11.3 Å². The van der Waals surface area contributed by atoms with Crippen LogP contribution in [0, 0.1) is 5.92 Å². The van der Waals surface area contributed by atoms with E-state index in [-0.39, 0.29) is 7.92 Å². The Balaban J connectivity index is 1.89. The molecule has 0 aromatic heterocycles. The van der Waals surface area contributed by atoms with Crippen molar-refractivity contribution in [2.24, 2.45) is 5.92 Å². The van der Waals surface area contributed by atoms with Crippen molar-refractivity contribution in [3.8, 4) is 11.1 Å². The molecule has 0 radical (unpaired) electrons. The Kier molecular flexibility index (Phi) is 9.54. The molecule has 2 aromatic carbocycles. The second-order valence-electron chi connectivity index (χ2n) is 12.6. The van der Waals surface area contributed by atoms with Gasteiger partial charge in [0.2, 0.25) is 0 Å². The number of hydrogen-bond donors (Lipinski definition) is 0. The summed E-state index contributed by atoms with van der Waals surface area (Å²) in [4.78, 5) is 0. The molecule has 2 aromatic rings. The normalized spacial score (nSPS) is 18.3. The molecule has 0 spiro atoms. The van der Waals surface area contributed by atoms with Gasteiger partial charge in [-0.15, -0.1) is 0 Å². The summed E-state index contributed by atoms with van der Waals surface area (Å²) < 4.78 is 0. The fraction of sp³-hybridized carbons (Fsp3) is 0.647. The van der Waals surface area contributed by atoms with Crippen LogP contribution in [0.15, 0.2) is 36.4 Å². The third kappa shape index (κ3) is 6.42. The van der Waals surface area contributed by atoms with E-state index >= 15 is 0 Å². The van der Waals surface area contributed by atoms with Crippen molar-refractivity contribution in [1.29, 1.82) is 0 Å². The first-order valence-corrected chi connectivity index (χ1v) is 16.4. The minimum absolute atomic E-state index is 0.121. The van der Waals surface area contributed by atoms with Crippen molar-refractivity contribution in [3.63, 3.8) is 0 Å². The van der Waals surface area contributed by atoms with E-state index in [1.807, 2.05) is 0 Å². The summed E-state index contributed by atoms with van der Waals surface area (Å²) in [6, 6.07) is 14.9. The van der Waals surface area contributed by atoms with Crippen LogP contribution in [0.25, 0.3) is 11.1 Å². The molecule has 2 saturated carbocycles. The van der Waals surface area contributed by atoms with Crippen molar-refractivity contribution in [1.82, 2.24) is 0 Å². The molecule has 0 N–H and O–H groups in total. The van der Waals surface area contributed by atoms with E-state index in [1.54, 1.807) is 27.6 Å². The minimum Gasteiger partial charge on any atom is -0.0683 e. The minimum atomic E-state index is -0.121. The van der Waals surface area contributed by atoms with Gasteiger partial charge in [0.1, 0.15) is 0 Å². The molecule has 0 saturated heterocycles. The summed E-state index contributed by atoms with van der Waals surface area (Å²) in [5.74, 6) is 1.77. The van der Waals surface area contributed by atoms with E-state index in [1.165, 1.54) is 76.2 Å². The molecule has 2 fully saturated rings. The van der Waals surface area contributed by atoms with Crippen LogP contribution in [0.2, 0.25) is 0 Å². The van der Waals surface area contributed by atoms with Crippen molar-refractivity contribution in [2.45, 2.75) is 135 Å². The Bertz CT molecular complexity index is 894. The molecule has 2 aliphatic carbocycles. The number of benzene rings is 2. The topological polar surface area (TPSA) is 0 Å². The molecule has 0 unspecified atom stereocenters. The molecule has 0 atom stereocenters. The lowest BCUT2D eigenvalue weighted by atomic mass is 9.82. The Labute approximate surface area is 218 Å². The molecule has 0 amide bonds. The maximum atomic E-state index is 2.58. The highest BCUT2D eigenvalue weighted by atomic mass is 31.1. The van der Waals surface area contributed by atoms with E-state index in [2.05, 4.69) is 77.9 Å². The second-order valence-corrected chi connectivity index (χ2v) is 15.3. The lowest BCUT2D eigenvalue weighted by molar-refractivity contribution is 0.487. The fourth-order valence-corrected chi connectivity index (χ4v) is 10.8. The largest absolute Gasteiger partial charge is 0.0683 e. The zero-order chi connectivity index (χ0) is 24.9. The third-order valence-electron chi connectivity index (χ3n) is 8.53. The summed E-state index contributed by atoms with van der Waals surface area (Å²) in [7, 11) is -0.121. The van der Waals surface area contributed by atoms with Crippen LogP contribution < -0.4 is 5.30 Å². The molecule has 0 heterocycles. The van der Waals surface area contributed by atoms with E-state index in [0.717, 1.165) is 11.3 Å². The Morgan fingerprint density at radius 1 is 0.686 bits per heavy atom. The van der Waals surface area contributed by atoms with Crippen molar-refractivity contribution in [3.05, 3.63) is 53.1 Å². The molecular weight excluding hydrogens is 439 g/mol.